The minimum atomic E-state index is -0.0447. The molecule has 1 saturated heterocycles. The molecule has 0 bridgehead atoms. The molecule has 0 aromatic rings. The predicted octanol–water partition coefficient (Wildman–Crippen LogP) is 0.396. The molecule has 1 amide bonds. The van der Waals surface area contributed by atoms with Crippen LogP contribution in [0.4, 0.5) is 0 Å². The van der Waals surface area contributed by atoms with Crippen molar-refractivity contribution in [2.75, 3.05) is 19.7 Å². The van der Waals surface area contributed by atoms with Gasteiger partial charge in [0.25, 0.3) is 0 Å². The van der Waals surface area contributed by atoms with Gasteiger partial charge in [0.05, 0.1) is 6.10 Å². The lowest BCUT2D eigenvalue weighted by atomic mass is 9.97. The lowest BCUT2D eigenvalue weighted by molar-refractivity contribution is -0.138. The molecule has 1 aliphatic rings. The first-order valence-corrected chi connectivity index (χ1v) is 5.91. The summed E-state index contributed by atoms with van der Waals surface area (Å²) in [6, 6.07) is 0. The fourth-order valence-corrected chi connectivity index (χ4v) is 1.86. The van der Waals surface area contributed by atoms with Crippen molar-refractivity contribution in [3.63, 3.8) is 0 Å². The van der Waals surface area contributed by atoms with Crippen molar-refractivity contribution in [1.29, 1.82) is 0 Å². The number of rotatable bonds is 4. The van der Waals surface area contributed by atoms with Crippen LogP contribution >= 0.6 is 0 Å². The quantitative estimate of drug-likeness (QED) is 0.324. The number of hydrogen-bond acceptors (Lipinski definition) is 4. The maximum absolute atomic E-state index is 11.8. The Kier molecular flexibility index (Phi) is 5.21. The third-order valence-electron chi connectivity index (χ3n) is 2.85. The maximum atomic E-state index is 11.8. The summed E-state index contributed by atoms with van der Waals surface area (Å²) in [7, 11) is 0. The van der Waals surface area contributed by atoms with Gasteiger partial charge >= 0.3 is 0 Å². The van der Waals surface area contributed by atoms with E-state index in [-0.39, 0.29) is 30.4 Å². The standard InChI is InChI=1S/C11H21N3O3/c1-8(2)17-7-10(15)14-5-3-4-9(6-14)11(12)13-16/h8-9,16H,3-7H2,1-2H3,(H2,12,13). The van der Waals surface area contributed by atoms with Crippen LogP contribution in [0, 0.1) is 5.92 Å². The summed E-state index contributed by atoms with van der Waals surface area (Å²) in [5, 5.41) is 11.6. The van der Waals surface area contributed by atoms with Gasteiger partial charge in [0.2, 0.25) is 5.91 Å². The molecule has 1 rings (SSSR count). The van der Waals surface area contributed by atoms with Crippen molar-refractivity contribution in [3.8, 4) is 0 Å². The minimum absolute atomic E-state index is 0.0332. The molecule has 1 heterocycles. The first kappa shape index (κ1) is 13.8. The Bertz CT molecular complexity index is 292. The normalized spacial score (nSPS) is 21.9. The number of hydrogen-bond donors (Lipinski definition) is 2. The number of nitrogens with two attached hydrogens (primary N) is 1. The van der Waals surface area contributed by atoms with Crippen LogP contribution < -0.4 is 5.73 Å². The van der Waals surface area contributed by atoms with Gasteiger partial charge < -0.3 is 20.6 Å². The van der Waals surface area contributed by atoms with Crippen LogP contribution in [0.25, 0.3) is 0 Å². The number of ether oxygens (including phenoxy) is 1. The Labute approximate surface area is 101 Å². The van der Waals surface area contributed by atoms with Crippen molar-refractivity contribution in [1.82, 2.24) is 4.90 Å². The highest BCUT2D eigenvalue weighted by molar-refractivity contribution is 5.84. The van der Waals surface area contributed by atoms with Gasteiger partial charge in [-0.05, 0) is 26.7 Å². The van der Waals surface area contributed by atoms with Crippen molar-refractivity contribution in [3.05, 3.63) is 0 Å². The number of carbonyl (C=O) groups excluding carboxylic acids is 1. The zero-order valence-electron chi connectivity index (χ0n) is 10.4. The van der Waals surface area contributed by atoms with Gasteiger partial charge in [-0.3, -0.25) is 4.79 Å². The largest absolute Gasteiger partial charge is 0.409 e. The van der Waals surface area contributed by atoms with Crippen molar-refractivity contribution in [2.24, 2.45) is 16.8 Å². The van der Waals surface area contributed by atoms with Crippen LogP contribution in [0.2, 0.25) is 0 Å². The SMILES string of the molecule is CC(C)OCC(=O)N1CCCC(C(N)=NO)C1. The average molecular weight is 243 g/mol. The number of carbonyl (C=O) groups is 1. The zero-order chi connectivity index (χ0) is 12.8. The molecular formula is C11H21N3O3. The average Bonchev–Trinajstić information content (AvgIpc) is 2.35. The van der Waals surface area contributed by atoms with Crippen LogP contribution in [0.15, 0.2) is 5.16 Å². The molecule has 6 nitrogen and oxygen atoms in total. The molecule has 3 N–H and O–H groups in total. The molecule has 0 saturated carbocycles. The number of amidine groups is 1. The Morgan fingerprint density at radius 2 is 2.35 bits per heavy atom. The topological polar surface area (TPSA) is 88.2 Å². The second-order valence-corrected chi connectivity index (χ2v) is 4.56. The number of piperidine rings is 1. The van der Waals surface area contributed by atoms with E-state index in [4.69, 9.17) is 15.7 Å². The first-order chi connectivity index (χ1) is 8.04. The van der Waals surface area contributed by atoms with Gasteiger partial charge in [-0.2, -0.15) is 0 Å². The molecule has 6 heteroatoms. The highest BCUT2D eigenvalue weighted by atomic mass is 16.5. The van der Waals surface area contributed by atoms with Crippen LogP contribution in [0.1, 0.15) is 26.7 Å². The van der Waals surface area contributed by atoms with E-state index >= 15 is 0 Å². The lowest BCUT2D eigenvalue weighted by Crippen LogP contribution is -2.45. The summed E-state index contributed by atoms with van der Waals surface area (Å²) < 4.78 is 5.28. The summed E-state index contributed by atoms with van der Waals surface area (Å²) in [5.74, 6) is 0.123. The van der Waals surface area contributed by atoms with E-state index in [1.54, 1.807) is 4.90 Å². The highest BCUT2D eigenvalue weighted by Crippen LogP contribution is 2.16. The molecule has 1 atom stereocenters. The number of likely N-dealkylation sites (tertiary alicyclic amines) is 1. The van der Waals surface area contributed by atoms with Crippen molar-refractivity contribution >= 4 is 11.7 Å². The number of nitrogens with zero attached hydrogens (tertiary/aromatic N) is 2. The van der Waals surface area contributed by atoms with E-state index in [0.29, 0.717) is 6.54 Å². The molecule has 1 aliphatic heterocycles. The second kappa shape index (κ2) is 6.44. The molecule has 0 spiro atoms. The Balaban J connectivity index is 2.46. The molecule has 0 radical (unpaired) electrons. The Morgan fingerprint density at radius 1 is 1.65 bits per heavy atom. The summed E-state index contributed by atoms with van der Waals surface area (Å²) in [4.78, 5) is 13.5. The van der Waals surface area contributed by atoms with Crippen LogP contribution in [0.5, 0.6) is 0 Å². The van der Waals surface area contributed by atoms with Crippen molar-refractivity contribution in [2.45, 2.75) is 32.8 Å². The van der Waals surface area contributed by atoms with Crippen LogP contribution in [-0.4, -0.2) is 47.7 Å². The predicted molar refractivity (Wildman–Crippen MR) is 63.8 cm³/mol. The highest BCUT2D eigenvalue weighted by Gasteiger charge is 2.26. The molecule has 0 aromatic heterocycles. The molecular weight excluding hydrogens is 222 g/mol. The summed E-state index contributed by atoms with van der Waals surface area (Å²) >= 11 is 0. The second-order valence-electron chi connectivity index (χ2n) is 4.56. The fourth-order valence-electron chi connectivity index (χ4n) is 1.86. The Hall–Kier alpha value is -1.30. The minimum Gasteiger partial charge on any atom is -0.409 e. The van der Waals surface area contributed by atoms with E-state index in [1.165, 1.54) is 0 Å². The van der Waals surface area contributed by atoms with E-state index < -0.39 is 0 Å². The molecule has 1 unspecified atom stereocenters. The van der Waals surface area contributed by atoms with Gasteiger partial charge in [0.15, 0.2) is 0 Å². The monoisotopic (exact) mass is 243 g/mol. The summed E-state index contributed by atoms with van der Waals surface area (Å²) in [6.07, 6.45) is 1.77. The molecule has 0 aromatic carbocycles. The number of oxime groups is 1. The van der Waals surface area contributed by atoms with E-state index in [0.717, 1.165) is 19.4 Å². The van der Waals surface area contributed by atoms with Crippen LogP contribution in [-0.2, 0) is 9.53 Å². The lowest BCUT2D eigenvalue weighted by Gasteiger charge is -2.32. The van der Waals surface area contributed by atoms with Gasteiger partial charge in [-0.15, -0.1) is 0 Å². The molecule has 98 valence electrons. The summed E-state index contributed by atoms with van der Waals surface area (Å²) in [5.41, 5.74) is 5.56. The zero-order valence-corrected chi connectivity index (χ0v) is 10.4. The van der Waals surface area contributed by atoms with Crippen LogP contribution in [0.3, 0.4) is 0 Å². The van der Waals surface area contributed by atoms with E-state index in [1.807, 2.05) is 13.8 Å². The smallest absolute Gasteiger partial charge is 0.248 e. The van der Waals surface area contributed by atoms with Gasteiger partial charge in [0, 0.05) is 19.0 Å². The molecule has 0 aliphatic carbocycles. The third kappa shape index (κ3) is 4.22. The molecule has 17 heavy (non-hydrogen) atoms. The summed E-state index contributed by atoms with van der Waals surface area (Å²) in [6.45, 7) is 5.11. The van der Waals surface area contributed by atoms with Gasteiger partial charge in [0.1, 0.15) is 12.4 Å². The maximum Gasteiger partial charge on any atom is 0.248 e. The van der Waals surface area contributed by atoms with E-state index in [2.05, 4.69) is 5.16 Å². The van der Waals surface area contributed by atoms with Crippen molar-refractivity contribution < 1.29 is 14.7 Å². The third-order valence-corrected chi connectivity index (χ3v) is 2.85. The fraction of sp³-hybridized carbons (Fsp3) is 0.818. The Morgan fingerprint density at radius 3 is 2.94 bits per heavy atom. The van der Waals surface area contributed by atoms with Gasteiger partial charge in [-0.1, -0.05) is 5.16 Å². The van der Waals surface area contributed by atoms with E-state index in [9.17, 15) is 4.79 Å². The molecule has 1 fully saturated rings. The first-order valence-electron chi connectivity index (χ1n) is 5.91. The van der Waals surface area contributed by atoms with Gasteiger partial charge in [-0.25, -0.2) is 0 Å². The number of amides is 1.